The predicted molar refractivity (Wildman–Crippen MR) is 78.4 cm³/mol. The summed E-state index contributed by atoms with van der Waals surface area (Å²) in [6, 6.07) is 3.57. The van der Waals surface area contributed by atoms with E-state index in [2.05, 4.69) is 5.32 Å². The monoisotopic (exact) mass is 304 g/mol. The molecule has 0 saturated carbocycles. The molecule has 0 aliphatic rings. The van der Waals surface area contributed by atoms with E-state index in [1.165, 1.54) is 12.1 Å². The van der Waals surface area contributed by atoms with Gasteiger partial charge >= 0.3 is 0 Å². The van der Waals surface area contributed by atoms with Gasteiger partial charge in [0.25, 0.3) is 11.4 Å². The summed E-state index contributed by atoms with van der Waals surface area (Å²) in [5.74, 6) is 0. The second-order valence-corrected chi connectivity index (χ2v) is 3.99. The second kappa shape index (κ2) is 9.05. The van der Waals surface area contributed by atoms with Gasteiger partial charge in [-0.2, -0.15) is 0 Å². The summed E-state index contributed by atoms with van der Waals surface area (Å²) < 4.78 is 0. The molecule has 0 bridgehead atoms. The molecule has 0 aromatic heterocycles. The zero-order valence-electron chi connectivity index (χ0n) is 10.8. The molecule has 3 N–H and O–H groups in total. The van der Waals surface area contributed by atoms with Crippen LogP contribution in [0.1, 0.15) is 19.3 Å². The van der Waals surface area contributed by atoms with Gasteiger partial charge in [0.2, 0.25) is 0 Å². The first-order valence-corrected chi connectivity index (χ1v) is 5.93. The Hall–Kier alpha value is -1.93. The first-order valence-electron chi connectivity index (χ1n) is 5.93. The highest BCUT2D eigenvalue weighted by Gasteiger charge is 2.18. The first kappa shape index (κ1) is 18.1. The van der Waals surface area contributed by atoms with Crippen LogP contribution in [0.2, 0.25) is 0 Å². The molecule has 0 aliphatic carbocycles. The normalized spacial score (nSPS) is 9.65. The second-order valence-electron chi connectivity index (χ2n) is 3.99. The molecule has 0 amide bonds. The quantitative estimate of drug-likeness (QED) is 0.432. The van der Waals surface area contributed by atoms with E-state index in [1.807, 2.05) is 0 Å². The average Bonchev–Trinajstić information content (AvgIpc) is 2.38. The zero-order chi connectivity index (χ0) is 14.3. The van der Waals surface area contributed by atoms with Crippen LogP contribution in [0.5, 0.6) is 0 Å². The minimum absolute atomic E-state index is 0. The molecule has 0 atom stereocenters. The summed E-state index contributed by atoms with van der Waals surface area (Å²) in [6.45, 7) is 1.19. The average molecular weight is 305 g/mol. The Morgan fingerprint density at radius 2 is 1.80 bits per heavy atom. The summed E-state index contributed by atoms with van der Waals surface area (Å²) in [7, 11) is 0. The maximum Gasteiger partial charge on any atom is 0.299 e. The van der Waals surface area contributed by atoms with Crippen molar-refractivity contribution in [3.63, 3.8) is 0 Å². The van der Waals surface area contributed by atoms with Crippen LogP contribution in [0.4, 0.5) is 17.1 Å². The number of nitrogens with zero attached hydrogens (tertiary/aromatic N) is 2. The van der Waals surface area contributed by atoms with Crippen molar-refractivity contribution in [2.45, 2.75) is 19.3 Å². The van der Waals surface area contributed by atoms with Crippen molar-refractivity contribution in [1.29, 1.82) is 0 Å². The van der Waals surface area contributed by atoms with Gasteiger partial charge in [-0.1, -0.05) is 6.42 Å². The predicted octanol–water partition coefficient (Wildman–Crippen LogP) is 2.47. The molecular weight excluding hydrogens is 288 g/mol. The highest BCUT2D eigenvalue weighted by Crippen LogP contribution is 2.28. The summed E-state index contributed by atoms with van der Waals surface area (Å²) in [6.07, 6.45) is 2.68. The van der Waals surface area contributed by atoms with Gasteiger partial charge in [-0.25, -0.2) is 0 Å². The van der Waals surface area contributed by atoms with E-state index in [9.17, 15) is 20.2 Å². The van der Waals surface area contributed by atoms with Gasteiger partial charge in [-0.15, -0.1) is 12.4 Å². The third-order valence-electron chi connectivity index (χ3n) is 2.59. The molecule has 0 aliphatic heterocycles. The molecule has 1 aromatic carbocycles. The van der Waals surface area contributed by atoms with Crippen LogP contribution in [-0.4, -0.2) is 22.9 Å². The molecule has 1 aromatic rings. The van der Waals surface area contributed by atoms with Crippen molar-refractivity contribution >= 4 is 29.5 Å². The minimum atomic E-state index is -0.655. The lowest BCUT2D eigenvalue weighted by Crippen LogP contribution is -2.06. The number of hydrogen-bond acceptors (Lipinski definition) is 6. The van der Waals surface area contributed by atoms with Crippen LogP contribution < -0.4 is 11.1 Å². The molecule has 0 unspecified atom stereocenters. The largest absolute Gasteiger partial charge is 0.379 e. The number of halogens is 1. The van der Waals surface area contributed by atoms with Crippen LogP contribution in [0.15, 0.2) is 18.2 Å². The van der Waals surface area contributed by atoms with Crippen molar-refractivity contribution in [2.24, 2.45) is 5.73 Å². The van der Waals surface area contributed by atoms with Gasteiger partial charge in [0.1, 0.15) is 5.69 Å². The van der Waals surface area contributed by atoms with Gasteiger partial charge in [-0.05, 0) is 25.5 Å². The number of hydrogen-bond donors (Lipinski definition) is 2. The zero-order valence-corrected chi connectivity index (χ0v) is 11.6. The van der Waals surface area contributed by atoms with E-state index in [4.69, 9.17) is 5.73 Å². The van der Waals surface area contributed by atoms with E-state index in [1.54, 1.807) is 0 Å². The number of benzene rings is 1. The Morgan fingerprint density at radius 3 is 2.35 bits per heavy atom. The SMILES string of the molecule is Cl.NCCCCCNc1ccc([N+](=O)[O-])cc1[N+](=O)[O-]. The Kier molecular flexibility index (Phi) is 8.18. The third kappa shape index (κ3) is 5.37. The van der Waals surface area contributed by atoms with Crippen LogP contribution in [0.3, 0.4) is 0 Å². The Bertz CT molecular complexity index is 470. The molecule has 0 heterocycles. The van der Waals surface area contributed by atoms with Crippen molar-refractivity contribution < 1.29 is 9.85 Å². The molecule has 1 rings (SSSR count). The summed E-state index contributed by atoms with van der Waals surface area (Å²) in [5, 5.41) is 24.3. The number of non-ortho nitro benzene ring substituents is 1. The molecule has 0 fully saturated rings. The van der Waals surface area contributed by atoms with E-state index >= 15 is 0 Å². The molecular formula is C11H17ClN4O4. The third-order valence-corrected chi connectivity index (χ3v) is 2.59. The van der Waals surface area contributed by atoms with Crippen LogP contribution in [0, 0.1) is 20.2 Å². The summed E-state index contributed by atoms with van der Waals surface area (Å²) in [4.78, 5) is 20.1. The molecule has 0 spiro atoms. The van der Waals surface area contributed by atoms with Gasteiger partial charge < -0.3 is 11.1 Å². The van der Waals surface area contributed by atoms with Gasteiger partial charge in [0.15, 0.2) is 0 Å². The fraction of sp³-hybridized carbons (Fsp3) is 0.455. The van der Waals surface area contributed by atoms with Gasteiger partial charge in [0, 0.05) is 12.6 Å². The van der Waals surface area contributed by atoms with Crippen LogP contribution >= 0.6 is 12.4 Å². The molecule has 20 heavy (non-hydrogen) atoms. The lowest BCUT2D eigenvalue weighted by Gasteiger charge is -2.06. The fourth-order valence-electron chi connectivity index (χ4n) is 1.60. The molecule has 9 heteroatoms. The Morgan fingerprint density at radius 1 is 1.10 bits per heavy atom. The fourth-order valence-corrected chi connectivity index (χ4v) is 1.60. The highest BCUT2D eigenvalue weighted by atomic mass is 35.5. The number of nitrogens with one attached hydrogen (secondary N) is 1. The number of nitro groups is 2. The van der Waals surface area contributed by atoms with Gasteiger partial charge in [0.05, 0.1) is 15.9 Å². The van der Waals surface area contributed by atoms with Crippen molar-refractivity contribution in [2.75, 3.05) is 18.4 Å². The standard InChI is InChI=1S/C11H16N4O4.ClH/c12-6-2-1-3-7-13-10-5-4-9(14(16)17)8-11(10)15(18)19;/h4-5,8,13H,1-3,6-7,12H2;1H. The van der Waals surface area contributed by atoms with Crippen molar-refractivity contribution in [3.05, 3.63) is 38.4 Å². The van der Waals surface area contributed by atoms with E-state index < -0.39 is 9.85 Å². The van der Waals surface area contributed by atoms with E-state index in [0.717, 1.165) is 25.3 Å². The number of nitrogens with two attached hydrogens (primary N) is 1. The number of unbranched alkanes of at least 4 members (excludes halogenated alkanes) is 2. The van der Waals surface area contributed by atoms with Crippen LogP contribution in [0.25, 0.3) is 0 Å². The van der Waals surface area contributed by atoms with E-state index in [0.29, 0.717) is 18.8 Å². The van der Waals surface area contributed by atoms with Crippen molar-refractivity contribution in [1.82, 2.24) is 0 Å². The number of nitro benzene ring substituents is 2. The highest BCUT2D eigenvalue weighted by molar-refractivity contribution is 5.85. The molecule has 0 saturated heterocycles. The summed E-state index contributed by atoms with van der Waals surface area (Å²) >= 11 is 0. The topological polar surface area (TPSA) is 124 Å². The Balaban J connectivity index is 0.00000361. The number of rotatable bonds is 8. The maximum atomic E-state index is 10.9. The lowest BCUT2D eigenvalue weighted by atomic mass is 10.2. The lowest BCUT2D eigenvalue weighted by molar-refractivity contribution is -0.393. The van der Waals surface area contributed by atoms with Gasteiger partial charge in [-0.3, -0.25) is 20.2 Å². The maximum absolute atomic E-state index is 10.9. The molecule has 112 valence electrons. The Labute approximate surface area is 122 Å². The minimum Gasteiger partial charge on any atom is -0.379 e. The van der Waals surface area contributed by atoms with E-state index in [-0.39, 0.29) is 23.8 Å². The summed E-state index contributed by atoms with van der Waals surface area (Å²) in [5.41, 5.74) is 5.08. The first-order chi connectivity index (χ1) is 9.06. The molecule has 0 radical (unpaired) electrons. The molecule has 8 nitrogen and oxygen atoms in total. The smallest absolute Gasteiger partial charge is 0.299 e. The van der Waals surface area contributed by atoms with Crippen LogP contribution in [-0.2, 0) is 0 Å². The van der Waals surface area contributed by atoms with Crippen molar-refractivity contribution in [3.8, 4) is 0 Å². The number of anilines is 1.